The lowest BCUT2D eigenvalue weighted by Crippen LogP contribution is -2.46. The molecule has 2 amide bonds. The van der Waals surface area contributed by atoms with E-state index in [0.717, 1.165) is 16.7 Å². The average Bonchev–Trinajstić information content (AvgIpc) is 3.32. The Bertz CT molecular complexity index is 1940. The molecule has 0 bridgehead atoms. The van der Waals surface area contributed by atoms with E-state index in [2.05, 4.69) is 0 Å². The third-order valence-electron chi connectivity index (χ3n) is 9.40. The molecule has 0 unspecified atom stereocenters. The van der Waals surface area contributed by atoms with Crippen LogP contribution < -0.4 is 19.9 Å². The van der Waals surface area contributed by atoms with Crippen molar-refractivity contribution in [2.45, 2.75) is 44.5 Å². The van der Waals surface area contributed by atoms with Crippen molar-refractivity contribution in [1.82, 2.24) is 9.47 Å². The highest BCUT2D eigenvalue weighted by Gasteiger charge is 2.52. The number of nitrogens with zero attached hydrogens (tertiary/aromatic N) is 3. The lowest BCUT2D eigenvalue weighted by molar-refractivity contribution is -0.139. The number of carbonyl (C=O) groups excluding carboxylic acids is 2. The summed E-state index contributed by atoms with van der Waals surface area (Å²) >= 11 is 0. The Balaban J connectivity index is 1.24. The molecule has 0 saturated carbocycles. The molecule has 2 aliphatic heterocycles. The molecule has 2 aliphatic rings. The van der Waals surface area contributed by atoms with Gasteiger partial charge in [-0.3, -0.25) is 19.0 Å². The molecule has 3 atom stereocenters. The second-order valence-electron chi connectivity index (χ2n) is 12.2. The zero-order valence-electron chi connectivity index (χ0n) is 27.2. The number of pyridine rings is 1. The van der Waals surface area contributed by atoms with Gasteiger partial charge in [-0.05, 0) is 65.6 Å². The van der Waals surface area contributed by atoms with Crippen molar-refractivity contribution in [2.24, 2.45) is 5.92 Å². The number of aliphatic hydroxyl groups excluding tert-OH is 1. The Morgan fingerprint density at radius 3 is 2.54 bits per heavy atom. The molecule has 248 valence electrons. The van der Waals surface area contributed by atoms with Crippen LogP contribution in [0.1, 0.15) is 35.6 Å². The molecule has 6 rings (SSSR count). The van der Waals surface area contributed by atoms with Crippen LogP contribution in [0.2, 0.25) is 0 Å². The van der Waals surface area contributed by atoms with Crippen LogP contribution in [-0.2, 0) is 34.7 Å². The average molecular weight is 650 g/mol. The van der Waals surface area contributed by atoms with Gasteiger partial charge in [-0.25, -0.2) is 0 Å². The highest BCUT2D eigenvalue weighted by Crippen LogP contribution is 2.47. The van der Waals surface area contributed by atoms with Gasteiger partial charge in [0.2, 0.25) is 5.91 Å². The second kappa shape index (κ2) is 13.5. The largest absolute Gasteiger partial charge is 0.497 e. The molecular weight excluding hydrogens is 610 g/mol. The van der Waals surface area contributed by atoms with Crippen molar-refractivity contribution in [1.29, 1.82) is 0 Å². The minimum atomic E-state index is -1.93. The fourth-order valence-electron chi connectivity index (χ4n) is 6.70. The zero-order valence-corrected chi connectivity index (χ0v) is 27.2. The molecule has 10 nitrogen and oxygen atoms in total. The maximum Gasteiger partial charge on any atom is 0.297 e. The Morgan fingerprint density at radius 2 is 1.79 bits per heavy atom. The van der Waals surface area contributed by atoms with Crippen molar-refractivity contribution in [3.05, 3.63) is 130 Å². The number of methoxy groups -OCH3 is 2. The number of aromatic nitrogens is 1. The Morgan fingerprint density at radius 1 is 1.00 bits per heavy atom. The minimum absolute atomic E-state index is 0.0540. The first-order valence-electron chi connectivity index (χ1n) is 15.9. The van der Waals surface area contributed by atoms with Gasteiger partial charge in [-0.2, -0.15) is 0 Å². The fraction of sp³-hybridized carbons (Fsp3) is 0.289. The predicted octanol–water partition coefficient (Wildman–Crippen LogP) is 4.12. The van der Waals surface area contributed by atoms with Gasteiger partial charge in [0.05, 0.1) is 39.1 Å². The summed E-state index contributed by atoms with van der Waals surface area (Å²) in [5, 5.41) is 22.2. The first-order chi connectivity index (χ1) is 23.2. The highest BCUT2D eigenvalue weighted by molar-refractivity contribution is 6.07. The number of ether oxygens (including phenoxy) is 2. The van der Waals surface area contributed by atoms with Crippen LogP contribution in [0.4, 0.5) is 5.69 Å². The summed E-state index contributed by atoms with van der Waals surface area (Å²) in [6, 6.07) is 23.4. The number of rotatable bonds is 10. The summed E-state index contributed by atoms with van der Waals surface area (Å²) in [7, 11) is 2.97. The number of aliphatic hydroxyl groups is 2. The van der Waals surface area contributed by atoms with Crippen LogP contribution in [0.5, 0.6) is 11.5 Å². The molecule has 2 N–H and O–H groups in total. The first-order valence-corrected chi connectivity index (χ1v) is 15.9. The Hall–Kier alpha value is -5.19. The smallest absolute Gasteiger partial charge is 0.297 e. The number of fused-ring (bicyclic) bond motifs is 2. The molecule has 3 aromatic carbocycles. The van der Waals surface area contributed by atoms with Gasteiger partial charge in [-0.15, -0.1) is 0 Å². The van der Waals surface area contributed by atoms with E-state index in [1.165, 1.54) is 23.7 Å². The molecule has 1 aromatic heterocycles. The third kappa shape index (κ3) is 5.89. The normalized spacial score (nSPS) is 19.3. The molecule has 0 saturated heterocycles. The van der Waals surface area contributed by atoms with E-state index in [1.807, 2.05) is 42.5 Å². The molecule has 0 aliphatic carbocycles. The highest BCUT2D eigenvalue weighted by atomic mass is 16.5. The maximum absolute atomic E-state index is 14.2. The number of benzene rings is 3. The summed E-state index contributed by atoms with van der Waals surface area (Å²) in [6.07, 6.45) is 5.67. The lowest BCUT2D eigenvalue weighted by Gasteiger charge is -2.36. The molecule has 0 fully saturated rings. The number of anilines is 1. The summed E-state index contributed by atoms with van der Waals surface area (Å²) < 4.78 is 12.1. The summed E-state index contributed by atoms with van der Waals surface area (Å²) in [5.74, 6) is -0.649. The monoisotopic (exact) mass is 649 g/mol. The Labute approximate surface area is 279 Å². The lowest BCUT2D eigenvalue weighted by atomic mass is 9.82. The standard InChI is InChI=1S/C38H39N3O7/c1-25(9-6-15-35(43)40-23-28-12-5-4-11-27(28)20-30(40)24-42)38(46)32-21-31(47-2)16-17-33(32)41(37(38)45)22-26-10-7-13-29(19-26)39-18-8-14-34(48-3)36(39)44/h4-14,16-19,21,25,30,42,46H,15,20,22-24H2,1-3H3/b9-6+/t25-,30+,38+/m1/s1. The van der Waals surface area contributed by atoms with Crippen molar-refractivity contribution in [2.75, 3.05) is 25.7 Å². The summed E-state index contributed by atoms with van der Waals surface area (Å²) in [5.41, 5.74) is 2.26. The van der Waals surface area contributed by atoms with E-state index in [1.54, 1.807) is 66.6 Å². The summed E-state index contributed by atoms with van der Waals surface area (Å²) in [4.78, 5) is 43.6. The van der Waals surface area contributed by atoms with Gasteiger partial charge in [0.15, 0.2) is 11.4 Å². The van der Waals surface area contributed by atoms with Crippen LogP contribution in [0.15, 0.2) is 102 Å². The van der Waals surface area contributed by atoms with Crippen LogP contribution >= 0.6 is 0 Å². The number of hydrogen-bond donors (Lipinski definition) is 2. The van der Waals surface area contributed by atoms with E-state index in [9.17, 15) is 24.6 Å². The maximum atomic E-state index is 14.2. The van der Waals surface area contributed by atoms with Crippen LogP contribution in [0.3, 0.4) is 0 Å². The van der Waals surface area contributed by atoms with E-state index < -0.39 is 17.4 Å². The van der Waals surface area contributed by atoms with Gasteiger partial charge >= 0.3 is 0 Å². The topological polar surface area (TPSA) is 122 Å². The second-order valence-corrected chi connectivity index (χ2v) is 12.2. The summed E-state index contributed by atoms with van der Waals surface area (Å²) in [6.45, 7) is 2.17. The third-order valence-corrected chi connectivity index (χ3v) is 9.40. The molecule has 0 radical (unpaired) electrons. The van der Waals surface area contributed by atoms with E-state index in [4.69, 9.17) is 9.47 Å². The van der Waals surface area contributed by atoms with Crippen LogP contribution in [0, 0.1) is 5.92 Å². The van der Waals surface area contributed by atoms with E-state index >= 15 is 0 Å². The van der Waals surface area contributed by atoms with Crippen molar-refractivity contribution in [3.63, 3.8) is 0 Å². The molecule has 4 aromatic rings. The molecule has 10 heteroatoms. The molecular formula is C38H39N3O7. The number of hydrogen-bond acceptors (Lipinski definition) is 7. The fourth-order valence-corrected chi connectivity index (χ4v) is 6.70. The predicted molar refractivity (Wildman–Crippen MR) is 181 cm³/mol. The SMILES string of the molecule is COc1ccc2c(c1)[C@@](O)([C@H](C)/C=C/CC(=O)N1Cc3ccccc3C[C@H]1CO)C(=O)N2Cc1cccc(-n2cccc(OC)c2=O)c1. The molecule has 0 spiro atoms. The minimum Gasteiger partial charge on any atom is -0.497 e. The first kappa shape index (κ1) is 32.7. The van der Waals surface area contributed by atoms with Gasteiger partial charge < -0.3 is 29.5 Å². The van der Waals surface area contributed by atoms with E-state index in [0.29, 0.717) is 35.7 Å². The Kier molecular flexibility index (Phi) is 9.21. The van der Waals surface area contributed by atoms with Gasteiger partial charge in [-0.1, -0.05) is 55.5 Å². The van der Waals surface area contributed by atoms with Crippen LogP contribution in [-0.4, -0.2) is 58.4 Å². The van der Waals surface area contributed by atoms with E-state index in [-0.39, 0.29) is 42.8 Å². The number of amides is 2. The van der Waals surface area contributed by atoms with Gasteiger partial charge in [0.1, 0.15) is 5.75 Å². The van der Waals surface area contributed by atoms with Crippen molar-refractivity contribution >= 4 is 17.5 Å². The van der Waals surface area contributed by atoms with Crippen molar-refractivity contribution < 1.29 is 29.3 Å². The molecule has 48 heavy (non-hydrogen) atoms. The number of carbonyl (C=O) groups is 2. The van der Waals surface area contributed by atoms with Gasteiger partial charge in [0.25, 0.3) is 11.5 Å². The van der Waals surface area contributed by atoms with Crippen LogP contribution in [0.25, 0.3) is 5.69 Å². The zero-order chi connectivity index (χ0) is 34.0. The van der Waals surface area contributed by atoms with Crippen molar-refractivity contribution in [3.8, 4) is 17.2 Å². The molecule has 3 heterocycles. The quantitative estimate of drug-likeness (QED) is 0.248. The van der Waals surface area contributed by atoms with Gasteiger partial charge in [0, 0.05) is 36.3 Å².